The largest absolute Gasteiger partial charge is 0.299 e. The molecule has 0 spiro atoms. The second kappa shape index (κ2) is 6.05. The Kier molecular flexibility index (Phi) is 5.30. The van der Waals surface area contributed by atoms with E-state index < -0.39 is 0 Å². The van der Waals surface area contributed by atoms with Crippen LogP contribution in [0.4, 0.5) is 0 Å². The maximum Gasteiger partial charge on any atom is 0.00721 e. The van der Waals surface area contributed by atoms with E-state index in [-0.39, 0.29) is 0 Å². The van der Waals surface area contributed by atoms with Crippen LogP contribution < -0.4 is 0 Å². The number of nitrogens with zero attached hydrogens (tertiary/aromatic N) is 1. The van der Waals surface area contributed by atoms with Crippen molar-refractivity contribution in [3.05, 3.63) is 0 Å². The zero-order valence-corrected chi connectivity index (χ0v) is 12.2. The molecule has 0 aromatic rings. The van der Waals surface area contributed by atoms with Crippen molar-refractivity contribution >= 4 is 0 Å². The van der Waals surface area contributed by atoms with E-state index in [1.165, 1.54) is 25.8 Å². The fourth-order valence-electron chi connectivity index (χ4n) is 3.47. The monoisotopic (exact) mass is 225 g/mol. The van der Waals surface area contributed by atoms with Crippen LogP contribution in [0.15, 0.2) is 0 Å². The maximum atomic E-state index is 2.62. The van der Waals surface area contributed by atoms with Crippen LogP contribution in [0.5, 0.6) is 0 Å². The molecule has 0 N–H and O–H groups in total. The third kappa shape index (κ3) is 3.48. The molecule has 0 aliphatic heterocycles. The second-order valence-corrected chi connectivity index (χ2v) is 6.05. The first-order chi connectivity index (χ1) is 7.51. The Morgan fingerprint density at radius 3 is 2.12 bits per heavy atom. The van der Waals surface area contributed by atoms with Crippen molar-refractivity contribution in [2.24, 2.45) is 17.8 Å². The van der Waals surface area contributed by atoms with Crippen molar-refractivity contribution in [2.45, 2.75) is 72.9 Å². The van der Waals surface area contributed by atoms with Crippen molar-refractivity contribution in [3.63, 3.8) is 0 Å². The maximum absolute atomic E-state index is 2.62. The van der Waals surface area contributed by atoms with Gasteiger partial charge in [-0.25, -0.2) is 0 Å². The molecule has 4 atom stereocenters. The molecule has 0 bridgehead atoms. The third-order valence-corrected chi connectivity index (χ3v) is 4.54. The second-order valence-electron chi connectivity index (χ2n) is 6.05. The predicted octanol–water partition coefficient (Wildman–Crippen LogP) is 4.18. The summed E-state index contributed by atoms with van der Waals surface area (Å²) in [5.74, 6) is 3.02. The molecule has 0 amide bonds. The number of rotatable bonds is 7. The number of hydrogen-bond acceptors (Lipinski definition) is 1. The van der Waals surface area contributed by atoms with Crippen molar-refractivity contribution in [1.82, 2.24) is 4.90 Å². The zero-order valence-electron chi connectivity index (χ0n) is 12.2. The van der Waals surface area contributed by atoms with Gasteiger partial charge >= 0.3 is 0 Å². The zero-order chi connectivity index (χ0) is 12.3. The van der Waals surface area contributed by atoms with Crippen molar-refractivity contribution in [1.29, 1.82) is 0 Å². The van der Waals surface area contributed by atoms with E-state index >= 15 is 0 Å². The Bertz CT molecular complexity index is 200. The molecule has 1 saturated carbocycles. The first-order valence-corrected chi connectivity index (χ1v) is 7.26. The molecule has 1 fully saturated rings. The van der Waals surface area contributed by atoms with E-state index in [1.54, 1.807) is 0 Å². The molecule has 1 aliphatic carbocycles. The smallest absolute Gasteiger partial charge is 0.00721 e. The quantitative estimate of drug-likeness (QED) is 0.628. The summed E-state index contributed by atoms with van der Waals surface area (Å²) in [6.45, 7) is 15.3. The molecule has 0 heterocycles. The van der Waals surface area contributed by atoms with Crippen LogP contribution in [0.25, 0.3) is 0 Å². The first-order valence-electron chi connectivity index (χ1n) is 7.26. The molecule has 1 nitrogen and oxygen atoms in total. The van der Waals surface area contributed by atoms with Crippen molar-refractivity contribution in [3.8, 4) is 0 Å². The lowest BCUT2D eigenvalue weighted by Crippen LogP contribution is -2.39. The molecule has 16 heavy (non-hydrogen) atoms. The molecular weight excluding hydrogens is 194 g/mol. The average molecular weight is 225 g/mol. The highest BCUT2D eigenvalue weighted by Crippen LogP contribution is 2.47. The van der Waals surface area contributed by atoms with Crippen LogP contribution in [0.1, 0.15) is 60.8 Å². The fraction of sp³-hybridized carbons (Fsp3) is 1.00. The van der Waals surface area contributed by atoms with Crippen molar-refractivity contribution in [2.75, 3.05) is 6.54 Å². The molecule has 96 valence electrons. The van der Waals surface area contributed by atoms with Crippen LogP contribution in [0.3, 0.4) is 0 Å². The van der Waals surface area contributed by atoms with Crippen LogP contribution in [0.2, 0.25) is 0 Å². The summed E-state index contributed by atoms with van der Waals surface area (Å²) in [6.07, 6.45) is 4.27. The summed E-state index contributed by atoms with van der Waals surface area (Å²) in [7, 11) is 0. The van der Waals surface area contributed by atoms with E-state index in [2.05, 4.69) is 46.4 Å². The van der Waals surface area contributed by atoms with Gasteiger partial charge in [-0.15, -0.1) is 0 Å². The van der Waals surface area contributed by atoms with Crippen molar-refractivity contribution < 1.29 is 0 Å². The number of hydrogen-bond donors (Lipinski definition) is 0. The van der Waals surface area contributed by atoms with Gasteiger partial charge in [-0.2, -0.15) is 0 Å². The van der Waals surface area contributed by atoms with Gasteiger partial charge in [0, 0.05) is 12.1 Å². The van der Waals surface area contributed by atoms with Gasteiger partial charge in [-0.05, 0) is 57.9 Å². The van der Waals surface area contributed by atoms with Gasteiger partial charge < -0.3 is 0 Å². The topological polar surface area (TPSA) is 3.24 Å². The molecular formula is C15H31N. The van der Waals surface area contributed by atoms with Gasteiger partial charge in [0.05, 0.1) is 0 Å². The summed E-state index contributed by atoms with van der Waals surface area (Å²) >= 11 is 0. The average Bonchev–Trinajstić information content (AvgIpc) is 2.96. The Morgan fingerprint density at radius 1 is 1.12 bits per heavy atom. The van der Waals surface area contributed by atoms with Gasteiger partial charge in [-0.3, -0.25) is 4.90 Å². The lowest BCUT2D eigenvalue weighted by Gasteiger charge is -2.33. The van der Waals surface area contributed by atoms with Gasteiger partial charge in [-0.1, -0.05) is 27.2 Å². The summed E-state index contributed by atoms with van der Waals surface area (Å²) in [4.78, 5) is 2.62. The van der Waals surface area contributed by atoms with Gasteiger partial charge in [0.1, 0.15) is 0 Å². The molecule has 0 radical (unpaired) electrons. The van der Waals surface area contributed by atoms with Gasteiger partial charge in [0.15, 0.2) is 0 Å². The van der Waals surface area contributed by atoms with Crippen LogP contribution in [-0.2, 0) is 0 Å². The molecule has 0 aromatic carbocycles. The standard InChI is InChI=1S/C15H31N/c1-7-14-10-15(14)12(5)9-13(6)16(8-2)11(3)4/h11-15H,7-10H2,1-6H3. The fourth-order valence-corrected chi connectivity index (χ4v) is 3.47. The highest BCUT2D eigenvalue weighted by Gasteiger charge is 2.39. The minimum Gasteiger partial charge on any atom is -0.299 e. The summed E-state index contributed by atoms with van der Waals surface area (Å²) in [6, 6.07) is 1.44. The SMILES string of the molecule is CCC1CC1C(C)CC(C)N(CC)C(C)C. The highest BCUT2D eigenvalue weighted by atomic mass is 15.2. The Morgan fingerprint density at radius 2 is 1.75 bits per heavy atom. The Balaban J connectivity index is 2.35. The normalized spacial score (nSPS) is 28.5. The molecule has 1 heteroatoms. The van der Waals surface area contributed by atoms with Gasteiger partial charge in [0.25, 0.3) is 0 Å². The minimum absolute atomic E-state index is 0.688. The lowest BCUT2D eigenvalue weighted by atomic mass is 9.94. The molecule has 1 aliphatic rings. The Labute approximate surface area is 103 Å². The van der Waals surface area contributed by atoms with Crippen LogP contribution in [-0.4, -0.2) is 23.5 Å². The van der Waals surface area contributed by atoms with E-state index in [0.717, 1.165) is 23.8 Å². The first kappa shape index (κ1) is 14.0. The molecule has 4 unspecified atom stereocenters. The van der Waals surface area contributed by atoms with Gasteiger partial charge in [0.2, 0.25) is 0 Å². The molecule has 0 aromatic heterocycles. The molecule has 0 saturated heterocycles. The minimum atomic E-state index is 0.688. The summed E-state index contributed by atoms with van der Waals surface area (Å²) in [5.41, 5.74) is 0. The highest BCUT2D eigenvalue weighted by molar-refractivity contribution is 4.90. The molecule has 1 rings (SSSR count). The summed E-state index contributed by atoms with van der Waals surface area (Å²) < 4.78 is 0. The predicted molar refractivity (Wildman–Crippen MR) is 72.6 cm³/mol. The van der Waals surface area contributed by atoms with E-state index in [1.807, 2.05) is 0 Å². The third-order valence-electron chi connectivity index (χ3n) is 4.54. The van der Waals surface area contributed by atoms with E-state index in [0.29, 0.717) is 6.04 Å². The summed E-state index contributed by atoms with van der Waals surface area (Å²) in [5, 5.41) is 0. The Hall–Kier alpha value is -0.0400. The van der Waals surface area contributed by atoms with E-state index in [9.17, 15) is 0 Å². The lowest BCUT2D eigenvalue weighted by molar-refractivity contribution is 0.147. The van der Waals surface area contributed by atoms with Crippen LogP contribution in [0, 0.1) is 17.8 Å². The van der Waals surface area contributed by atoms with Crippen LogP contribution >= 0.6 is 0 Å². The van der Waals surface area contributed by atoms with E-state index in [4.69, 9.17) is 0 Å².